The molecular formula is C12H14N4O3S. The van der Waals surface area contributed by atoms with Crippen LogP contribution in [0.15, 0.2) is 10.6 Å². The smallest absolute Gasteiger partial charge is 0.247 e. The van der Waals surface area contributed by atoms with Crippen LogP contribution in [-0.4, -0.2) is 36.4 Å². The van der Waals surface area contributed by atoms with Crippen LogP contribution in [0.2, 0.25) is 0 Å². The molecule has 0 saturated heterocycles. The van der Waals surface area contributed by atoms with E-state index >= 15 is 0 Å². The lowest BCUT2D eigenvalue weighted by atomic mass is 10.2. The molecule has 8 heteroatoms. The number of hydrogen-bond donors (Lipinski definition) is 1. The van der Waals surface area contributed by atoms with E-state index in [2.05, 4.69) is 15.1 Å². The Kier molecular flexibility index (Phi) is 3.69. The first-order chi connectivity index (χ1) is 9.31. The molecule has 0 aliphatic carbocycles. The molecule has 0 fully saturated rings. The molecule has 2 aromatic rings. The van der Waals surface area contributed by atoms with E-state index in [-0.39, 0.29) is 22.4 Å². The summed E-state index contributed by atoms with van der Waals surface area (Å²) in [5.74, 6) is 1.81. The van der Waals surface area contributed by atoms with Crippen molar-refractivity contribution in [3.8, 4) is 11.8 Å². The summed E-state index contributed by atoms with van der Waals surface area (Å²) in [6.45, 7) is 5.63. The normalized spacial score (nSPS) is 11.4. The van der Waals surface area contributed by atoms with Gasteiger partial charge in [-0.25, -0.2) is 14.5 Å². The Balaban J connectivity index is 2.62. The first kappa shape index (κ1) is 14.4. The van der Waals surface area contributed by atoms with Crippen LogP contribution in [-0.2, 0) is 11.8 Å². The van der Waals surface area contributed by atoms with E-state index in [9.17, 15) is 9.90 Å². The van der Waals surface area contributed by atoms with Gasteiger partial charge in [-0.05, 0) is 32.5 Å². The van der Waals surface area contributed by atoms with Gasteiger partial charge in [0.05, 0.1) is 5.41 Å². The number of rotatable bonds is 3. The lowest BCUT2D eigenvalue weighted by molar-refractivity contribution is 0.125. The van der Waals surface area contributed by atoms with Gasteiger partial charge in [0, 0.05) is 7.05 Å². The third-order valence-electron chi connectivity index (χ3n) is 2.22. The number of thioether (sulfide) groups is 1. The van der Waals surface area contributed by atoms with Gasteiger partial charge >= 0.3 is 0 Å². The zero-order valence-corrected chi connectivity index (χ0v) is 12.4. The maximum absolute atomic E-state index is 10.3. The van der Waals surface area contributed by atoms with Crippen molar-refractivity contribution in [2.24, 2.45) is 7.05 Å². The molecule has 2 rings (SSSR count). The minimum atomic E-state index is -0.475. The fraction of sp³-hybridized carbons (Fsp3) is 0.417. The van der Waals surface area contributed by atoms with E-state index in [1.54, 1.807) is 13.0 Å². The molecule has 0 aliphatic rings. The molecule has 0 saturated carbocycles. The summed E-state index contributed by atoms with van der Waals surface area (Å²) in [4.78, 5) is 18.6. The lowest BCUT2D eigenvalue weighted by Crippen LogP contribution is -2.24. The Bertz CT molecular complexity index is 699. The van der Waals surface area contributed by atoms with Gasteiger partial charge in [-0.1, -0.05) is 0 Å². The van der Waals surface area contributed by atoms with Crippen molar-refractivity contribution in [1.82, 2.24) is 19.7 Å². The van der Waals surface area contributed by atoms with Crippen LogP contribution in [0.1, 0.15) is 20.8 Å². The summed E-state index contributed by atoms with van der Waals surface area (Å²) < 4.78 is 7.03. The summed E-state index contributed by atoms with van der Waals surface area (Å²) in [7, 11) is 1.59. The van der Waals surface area contributed by atoms with Crippen molar-refractivity contribution >= 4 is 28.7 Å². The molecule has 0 spiro atoms. The molecule has 0 radical (unpaired) electrons. The van der Waals surface area contributed by atoms with Crippen LogP contribution in [0.5, 0.6) is 11.8 Å². The van der Waals surface area contributed by atoms with Gasteiger partial charge in [-0.2, -0.15) is 10.1 Å². The molecule has 2 heterocycles. The van der Waals surface area contributed by atoms with Crippen LogP contribution < -0.4 is 4.74 Å². The molecular weight excluding hydrogens is 280 g/mol. The number of ether oxygens (including phenoxy) is 1. The topological polar surface area (TPSA) is 90.1 Å². The second-order valence-corrected chi connectivity index (χ2v) is 5.86. The van der Waals surface area contributed by atoms with Crippen molar-refractivity contribution in [3.05, 3.63) is 5.41 Å². The van der Waals surface area contributed by atoms with Gasteiger partial charge in [-0.15, -0.1) is 0 Å². The molecule has 0 aromatic carbocycles. The molecule has 0 atom stereocenters. The Labute approximate surface area is 119 Å². The number of aromatic hydroxyl groups is 1. The molecule has 20 heavy (non-hydrogen) atoms. The fourth-order valence-electron chi connectivity index (χ4n) is 1.50. The number of nitrogens with zero attached hydrogens (tertiary/aromatic N) is 4. The largest absolute Gasteiger partial charge is 0.492 e. The Hall–Kier alpha value is -2.05. The first-order valence-electron chi connectivity index (χ1n) is 5.80. The predicted octanol–water partition coefficient (Wildman–Crippen LogP) is 1.68. The maximum atomic E-state index is 10.3. The lowest BCUT2D eigenvalue weighted by Gasteiger charge is -2.20. The highest BCUT2D eigenvalue weighted by molar-refractivity contribution is 8.02. The molecule has 7 nitrogen and oxygen atoms in total. The highest BCUT2D eigenvalue weighted by Gasteiger charge is 2.21. The van der Waals surface area contributed by atoms with Crippen LogP contribution in [0.4, 0.5) is 0 Å². The van der Waals surface area contributed by atoms with Crippen molar-refractivity contribution < 1.29 is 14.6 Å². The molecule has 0 unspecified atom stereocenters. The van der Waals surface area contributed by atoms with E-state index in [0.717, 1.165) is 11.8 Å². The van der Waals surface area contributed by atoms with E-state index < -0.39 is 5.60 Å². The fourth-order valence-corrected chi connectivity index (χ4v) is 1.94. The van der Waals surface area contributed by atoms with Gasteiger partial charge in [-0.3, -0.25) is 0 Å². The van der Waals surface area contributed by atoms with Gasteiger partial charge in [0.15, 0.2) is 16.2 Å². The highest BCUT2D eigenvalue weighted by atomic mass is 32.2. The average molecular weight is 294 g/mol. The van der Waals surface area contributed by atoms with Crippen LogP contribution in [0.25, 0.3) is 11.0 Å². The summed E-state index contributed by atoms with van der Waals surface area (Å²) in [5, 5.41) is 15.5. The minimum absolute atomic E-state index is 0.0851. The zero-order valence-electron chi connectivity index (χ0n) is 11.5. The average Bonchev–Trinajstić information content (AvgIpc) is 2.62. The summed E-state index contributed by atoms with van der Waals surface area (Å²) in [6, 6.07) is 0. The van der Waals surface area contributed by atoms with Crippen molar-refractivity contribution in [3.63, 3.8) is 0 Å². The molecule has 1 N–H and O–H groups in total. The summed E-state index contributed by atoms with van der Waals surface area (Å²) >= 11 is 0.994. The van der Waals surface area contributed by atoms with Gasteiger partial charge in [0.1, 0.15) is 11.5 Å². The number of hydrogen-bond acceptors (Lipinski definition) is 7. The van der Waals surface area contributed by atoms with Crippen molar-refractivity contribution in [2.75, 3.05) is 0 Å². The van der Waals surface area contributed by atoms with E-state index in [0.29, 0.717) is 5.52 Å². The number of aryl methyl sites for hydroxylation is 1. The summed E-state index contributed by atoms with van der Waals surface area (Å²) in [6.07, 6.45) is 0. The van der Waals surface area contributed by atoms with E-state index in [4.69, 9.17) is 4.74 Å². The molecule has 0 aliphatic heterocycles. The second-order valence-electron chi connectivity index (χ2n) is 5.02. The maximum Gasteiger partial charge on any atom is 0.247 e. The van der Waals surface area contributed by atoms with Gasteiger partial charge < -0.3 is 9.84 Å². The van der Waals surface area contributed by atoms with Crippen LogP contribution in [0.3, 0.4) is 0 Å². The predicted molar refractivity (Wildman–Crippen MR) is 74.5 cm³/mol. The van der Waals surface area contributed by atoms with Gasteiger partial charge in [0.25, 0.3) is 0 Å². The van der Waals surface area contributed by atoms with E-state index in [1.165, 1.54) is 10.1 Å². The molecule has 0 bridgehead atoms. The SMILES string of the molecule is Cn1nc2c(OC(C)(C)C)nc(SC=C=O)nc2c1O. The van der Waals surface area contributed by atoms with Crippen molar-refractivity contribution in [1.29, 1.82) is 0 Å². The second kappa shape index (κ2) is 5.15. The quantitative estimate of drug-likeness (QED) is 0.523. The zero-order chi connectivity index (χ0) is 14.9. The number of carbonyl (C=O) groups excluding carboxylic acids is 1. The van der Waals surface area contributed by atoms with Crippen LogP contribution >= 0.6 is 11.8 Å². The Morgan fingerprint density at radius 3 is 2.65 bits per heavy atom. The van der Waals surface area contributed by atoms with Gasteiger partial charge in [0.2, 0.25) is 11.8 Å². The first-order valence-corrected chi connectivity index (χ1v) is 6.68. The van der Waals surface area contributed by atoms with Crippen LogP contribution in [0, 0.1) is 0 Å². The summed E-state index contributed by atoms with van der Waals surface area (Å²) in [5.41, 5.74) is 0.180. The van der Waals surface area contributed by atoms with Crippen molar-refractivity contribution in [2.45, 2.75) is 31.5 Å². The third-order valence-corrected chi connectivity index (χ3v) is 2.82. The molecule has 0 amide bonds. The monoisotopic (exact) mass is 294 g/mol. The number of fused-ring (bicyclic) bond motifs is 1. The Morgan fingerprint density at radius 1 is 1.35 bits per heavy atom. The standard InChI is InChI=1S/C12H14N4O3S/c1-12(2,3)19-9-7-8(10(18)16(4)15-7)13-11(14-9)20-6-5-17/h6,18H,1-4H3. The molecule has 106 valence electrons. The Morgan fingerprint density at radius 2 is 2.05 bits per heavy atom. The third kappa shape index (κ3) is 2.92. The minimum Gasteiger partial charge on any atom is -0.492 e. The highest BCUT2D eigenvalue weighted by Crippen LogP contribution is 2.32. The van der Waals surface area contributed by atoms with E-state index in [1.807, 2.05) is 20.8 Å². The number of aromatic nitrogens is 4. The molecule has 2 aromatic heterocycles.